The highest BCUT2D eigenvalue weighted by molar-refractivity contribution is 6.31. The van der Waals surface area contributed by atoms with Gasteiger partial charge in [0.15, 0.2) is 5.82 Å². The van der Waals surface area contributed by atoms with Gasteiger partial charge in [0.1, 0.15) is 0 Å². The van der Waals surface area contributed by atoms with Crippen LogP contribution >= 0.6 is 11.6 Å². The van der Waals surface area contributed by atoms with Crippen LogP contribution in [0.3, 0.4) is 0 Å². The fourth-order valence-electron chi connectivity index (χ4n) is 2.88. The van der Waals surface area contributed by atoms with Crippen molar-refractivity contribution < 1.29 is 9.90 Å². The molecule has 0 saturated carbocycles. The average molecular weight is 372 g/mol. The molecule has 3 rings (SSSR count). The second-order valence-electron chi connectivity index (χ2n) is 5.94. The van der Waals surface area contributed by atoms with E-state index in [1.54, 1.807) is 13.0 Å². The molecule has 2 heterocycles. The first-order chi connectivity index (χ1) is 12.4. The van der Waals surface area contributed by atoms with E-state index in [1.807, 2.05) is 25.1 Å². The first kappa shape index (κ1) is 17.9. The molecule has 3 aromatic rings. The van der Waals surface area contributed by atoms with Crippen LogP contribution in [0.1, 0.15) is 39.8 Å². The fraction of sp³-hybridized carbons (Fsp3) is 0.211. The fourth-order valence-corrected chi connectivity index (χ4v) is 3.09. The van der Waals surface area contributed by atoms with Crippen molar-refractivity contribution >= 4 is 17.6 Å². The first-order valence-electron chi connectivity index (χ1n) is 8.19. The van der Waals surface area contributed by atoms with Crippen molar-refractivity contribution in [2.24, 2.45) is 0 Å². The number of nitrogens with one attached hydrogen (secondary N) is 1. The Morgan fingerprint density at radius 2 is 2.00 bits per heavy atom. The normalized spacial score (nSPS) is 10.9. The molecule has 134 valence electrons. The Hall–Kier alpha value is -2.86. The van der Waals surface area contributed by atoms with Crippen molar-refractivity contribution in [1.82, 2.24) is 14.8 Å². The molecule has 0 fully saturated rings. The molecule has 0 radical (unpaired) electrons. The third kappa shape index (κ3) is 3.28. The van der Waals surface area contributed by atoms with Crippen molar-refractivity contribution in [3.63, 3.8) is 0 Å². The average Bonchev–Trinajstić information content (AvgIpc) is 2.92. The number of nitrogens with zero attached hydrogens (tertiary/aromatic N) is 2. The number of aryl methyl sites for hydroxylation is 2. The summed E-state index contributed by atoms with van der Waals surface area (Å²) in [6.07, 6.45) is 1.06. The predicted octanol–water partition coefficient (Wildman–Crippen LogP) is 3.37. The van der Waals surface area contributed by atoms with Gasteiger partial charge in [-0.3, -0.25) is 9.89 Å². The van der Waals surface area contributed by atoms with Crippen molar-refractivity contribution in [2.45, 2.75) is 26.7 Å². The number of hydrogen-bond donors (Lipinski definition) is 2. The van der Waals surface area contributed by atoms with Gasteiger partial charge >= 0.3 is 5.97 Å². The molecule has 0 aliphatic heterocycles. The summed E-state index contributed by atoms with van der Waals surface area (Å²) >= 11 is 6.23. The van der Waals surface area contributed by atoms with Gasteiger partial charge in [-0.15, -0.1) is 0 Å². The summed E-state index contributed by atoms with van der Waals surface area (Å²) in [5.41, 5.74) is 2.55. The number of carbonyl (C=O) groups is 1. The third-order valence-electron chi connectivity index (χ3n) is 4.28. The Labute approximate surface area is 155 Å². The summed E-state index contributed by atoms with van der Waals surface area (Å²) in [4.78, 5) is 28.3. The zero-order valence-electron chi connectivity index (χ0n) is 14.4. The molecule has 0 atom stereocenters. The lowest BCUT2D eigenvalue weighted by atomic mass is 10.0. The van der Waals surface area contributed by atoms with Gasteiger partial charge in [0.25, 0.3) is 5.56 Å². The SMILES string of the molecule is CCc1[nH]n(-c2ccc(C(=O)O)c(C)n2)c(=O)c1Cc1ccccc1Cl. The van der Waals surface area contributed by atoms with Crippen LogP contribution in [-0.2, 0) is 12.8 Å². The van der Waals surface area contributed by atoms with E-state index in [-0.39, 0.29) is 11.1 Å². The van der Waals surface area contributed by atoms with E-state index in [2.05, 4.69) is 10.1 Å². The van der Waals surface area contributed by atoms with E-state index in [1.165, 1.54) is 16.8 Å². The molecule has 0 bridgehead atoms. The summed E-state index contributed by atoms with van der Waals surface area (Å²) in [7, 11) is 0. The molecule has 0 amide bonds. The minimum Gasteiger partial charge on any atom is -0.478 e. The highest BCUT2D eigenvalue weighted by atomic mass is 35.5. The van der Waals surface area contributed by atoms with Crippen LogP contribution in [0.5, 0.6) is 0 Å². The molecular formula is C19H18ClN3O3. The van der Waals surface area contributed by atoms with Gasteiger partial charge in [-0.25, -0.2) is 14.5 Å². The maximum Gasteiger partial charge on any atom is 0.337 e. The van der Waals surface area contributed by atoms with Gasteiger partial charge in [0, 0.05) is 22.7 Å². The van der Waals surface area contributed by atoms with E-state index in [4.69, 9.17) is 16.7 Å². The highest BCUT2D eigenvalue weighted by Gasteiger charge is 2.17. The molecular weight excluding hydrogens is 354 g/mol. The van der Waals surface area contributed by atoms with E-state index < -0.39 is 5.97 Å². The van der Waals surface area contributed by atoms with Crippen LogP contribution in [-0.4, -0.2) is 25.8 Å². The lowest BCUT2D eigenvalue weighted by Gasteiger charge is -2.04. The predicted molar refractivity (Wildman–Crippen MR) is 99.5 cm³/mol. The number of aromatic carboxylic acids is 1. The van der Waals surface area contributed by atoms with Crippen LogP contribution < -0.4 is 5.56 Å². The maximum atomic E-state index is 12.9. The summed E-state index contributed by atoms with van der Waals surface area (Å²) in [6, 6.07) is 10.4. The summed E-state index contributed by atoms with van der Waals surface area (Å²) in [5, 5.41) is 12.8. The van der Waals surface area contributed by atoms with Gasteiger partial charge in [-0.1, -0.05) is 36.7 Å². The molecule has 2 N–H and O–H groups in total. The number of hydrogen-bond acceptors (Lipinski definition) is 3. The van der Waals surface area contributed by atoms with Crippen LogP contribution in [0.25, 0.3) is 5.82 Å². The van der Waals surface area contributed by atoms with Gasteiger partial charge in [0.2, 0.25) is 0 Å². The molecule has 1 aromatic carbocycles. The molecule has 0 aliphatic carbocycles. The van der Waals surface area contributed by atoms with E-state index >= 15 is 0 Å². The number of benzene rings is 1. The molecule has 7 heteroatoms. The summed E-state index contributed by atoms with van der Waals surface area (Å²) < 4.78 is 1.35. The number of carboxylic acids is 1. The van der Waals surface area contributed by atoms with Gasteiger partial charge in [-0.2, -0.15) is 0 Å². The summed E-state index contributed by atoms with van der Waals surface area (Å²) in [5.74, 6) is -0.688. The van der Waals surface area contributed by atoms with E-state index in [0.717, 1.165) is 11.3 Å². The molecule has 26 heavy (non-hydrogen) atoms. The van der Waals surface area contributed by atoms with Crippen LogP contribution in [0, 0.1) is 6.92 Å². The minimum absolute atomic E-state index is 0.111. The second kappa shape index (κ2) is 7.17. The monoisotopic (exact) mass is 371 g/mol. The summed E-state index contributed by atoms with van der Waals surface area (Å²) in [6.45, 7) is 3.56. The van der Waals surface area contributed by atoms with E-state index in [0.29, 0.717) is 34.9 Å². The van der Waals surface area contributed by atoms with Gasteiger partial charge < -0.3 is 5.11 Å². The Kier molecular flexibility index (Phi) is 4.95. The third-order valence-corrected chi connectivity index (χ3v) is 4.65. The molecule has 0 saturated heterocycles. The minimum atomic E-state index is -1.05. The Balaban J connectivity index is 2.07. The Morgan fingerprint density at radius 3 is 2.62 bits per heavy atom. The topological polar surface area (TPSA) is 88.0 Å². The lowest BCUT2D eigenvalue weighted by molar-refractivity contribution is 0.0695. The number of pyridine rings is 1. The zero-order chi connectivity index (χ0) is 18.8. The van der Waals surface area contributed by atoms with Crippen LogP contribution in [0.15, 0.2) is 41.2 Å². The second-order valence-corrected chi connectivity index (χ2v) is 6.35. The van der Waals surface area contributed by atoms with Crippen molar-refractivity contribution in [3.05, 3.63) is 79.9 Å². The quantitative estimate of drug-likeness (QED) is 0.719. The number of aromatic nitrogens is 3. The number of rotatable bonds is 5. The first-order valence-corrected chi connectivity index (χ1v) is 8.57. The Bertz CT molecular complexity index is 1040. The highest BCUT2D eigenvalue weighted by Crippen LogP contribution is 2.20. The molecule has 0 unspecified atom stereocenters. The maximum absolute atomic E-state index is 12.9. The van der Waals surface area contributed by atoms with Gasteiger partial charge in [0.05, 0.1) is 11.3 Å². The smallest absolute Gasteiger partial charge is 0.337 e. The van der Waals surface area contributed by atoms with Crippen LogP contribution in [0.2, 0.25) is 5.02 Å². The number of aromatic amines is 1. The number of carboxylic acid groups (broad SMARTS) is 1. The van der Waals surface area contributed by atoms with E-state index in [9.17, 15) is 9.59 Å². The number of H-pyrrole nitrogens is 1. The lowest BCUT2D eigenvalue weighted by Crippen LogP contribution is -2.19. The van der Waals surface area contributed by atoms with Crippen LogP contribution in [0.4, 0.5) is 0 Å². The van der Waals surface area contributed by atoms with Crippen molar-refractivity contribution in [3.8, 4) is 5.82 Å². The number of halogens is 1. The molecule has 0 spiro atoms. The molecule has 0 aliphatic rings. The zero-order valence-corrected chi connectivity index (χ0v) is 15.2. The van der Waals surface area contributed by atoms with Gasteiger partial charge in [-0.05, 0) is 37.1 Å². The standard InChI is InChI=1S/C19H18ClN3O3/c1-3-16-14(10-12-6-4-5-7-15(12)20)18(24)23(22-16)17-9-8-13(19(25)26)11(2)21-17/h4-9,22H,3,10H2,1-2H3,(H,25,26). The van der Waals surface area contributed by atoms with Crippen molar-refractivity contribution in [2.75, 3.05) is 0 Å². The molecule has 2 aromatic heterocycles. The van der Waals surface area contributed by atoms with Crippen molar-refractivity contribution in [1.29, 1.82) is 0 Å². The molecule has 6 nitrogen and oxygen atoms in total. The Morgan fingerprint density at radius 1 is 1.27 bits per heavy atom. The largest absolute Gasteiger partial charge is 0.478 e.